The van der Waals surface area contributed by atoms with E-state index in [2.05, 4.69) is 25.5 Å². The van der Waals surface area contributed by atoms with Crippen LogP contribution in [0, 0.1) is 0 Å². The molecule has 3 heterocycles. The van der Waals surface area contributed by atoms with E-state index in [1.54, 1.807) is 0 Å². The number of halogens is 5. The first kappa shape index (κ1) is 15.8. The molecule has 0 aromatic carbocycles. The Balaban J connectivity index is 1.92. The van der Waals surface area contributed by atoms with Gasteiger partial charge in [-0.15, -0.1) is 10.2 Å². The summed E-state index contributed by atoms with van der Waals surface area (Å²) in [7, 11) is 0. The second kappa shape index (κ2) is 5.82. The van der Waals surface area contributed by atoms with Crippen molar-refractivity contribution >= 4 is 34.8 Å². The van der Waals surface area contributed by atoms with Gasteiger partial charge in [-0.1, -0.05) is 23.2 Å². The number of pyridine rings is 1. The molecule has 0 saturated carbocycles. The molecule has 6 nitrogen and oxygen atoms in total. The molecule has 0 aliphatic heterocycles. The Kier molecular flexibility index (Phi) is 3.99. The Morgan fingerprint density at radius 2 is 1.83 bits per heavy atom. The molecule has 0 amide bonds. The van der Waals surface area contributed by atoms with Crippen molar-refractivity contribution in [3.05, 3.63) is 46.1 Å². The lowest BCUT2D eigenvalue weighted by Crippen LogP contribution is -2.10. The molecular weight excluding hydrogens is 356 g/mol. The van der Waals surface area contributed by atoms with E-state index in [0.29, 0.717) is 5.02 Å². The number of aromatic nitrogens is 5. The fourth-order valence-electron chi connectivity index (χ4n) is 1.84. The van der Waals surface area contributed by atoms with E-state index in [0.717, 1.165) is 12.3 Å². The highest BCUT2D eigenvalue weighted by molar-refractivity contribution is 6.33. The highest BCUT2D eigenvalue weighted by Crippen LogP contribution is 2.32. The molecular formula is C12H7Cl2F3N6. The number of hydrogen-bond donors (Lipinski definition) is 1. The molecule has 0 saturated heterocycles. The van der Waals surface area contributed by atoms with Gasteiger partial charge in [0.1, 0.15) is 0 Å². The summed E-state index contributed by atoms with van der Waals surface area (Å²) in [6.45, 7) is 0.0560. The van der Waals surface area contributed by atoms with Crippen molar-refractivity contribution in [1.29, 1.82) is 0 Å². The average Bonchev–Trinajstić information content (AvgIpc) is 2.89. The van der Waals surface area contributed by atoms with E-state index in [4.69, 9.17) is 23.2 Å². The molecule has 0 bridgehead atoms. The van der Waals surface area contributed by atoms with Gasteiger partial charge in [0, 0.05) is 6.20 Å². The number of hydrogen-bond acceptors (Lipinski definition) is 5. The third kappa shape index (κ3) is 3.30. The first-order valence-electron chi connectivity index (χ1n) is 6.16. The Labute approximate surface area is 137 Å². The smallest absolute Gasteiger partial charge is 0.347 e. The molecule has 3 aromatic rings. The predicted octanol–water partition coefficient (Wildman–Crippen LogP) is 3.46. The SMILES string of the molecule is FC(F)(F)c1cc(Cl)c2nnc(CNc3ncc(Cl)cn3)n2c1. The quantitative estimate of drug-likeness (QED) is 0.772. The molecule has 11 heteroatoms. The Hall–Kier alpha value is -2.13. The molecule has 0 fully saturated rings. The monoisotopic (exact) mass is 362 g/mol. The maximum atomic E-state index is 12.9. The van der Waals surface area contributed by atoms with Gasteiger partial charge >= 0.3 is 6.18 Å². The molecule has 23 heavy (non-hydrogen) atoms. The first-order valence-corrected chi connectivity index (χ1v) is 6.92. The van der Waals surface area contributed by atoms with E-state index in [1.165, 1.54) is 16.8 Å². The summed E-state index contributed by atoms with van der Waals surface area (Å²) in [6, 6.07) is 0.811. The summed E-state index contributed by atoms with van der Waals surface area (Å²) in [5.74, 6) is 0.482. The third-order valence-corrected chi connectivity index (χ3v) is 3.36. The number of nitrogens with zero attached hydrogens (tertiary/aromatic N) is 5. The van der Waals surface area contributed by atoms with Crippen LogP contribution in [-0.4, -0.2) is 24.6 Å². The van der Waals surface area contributed by atoms with Gasteiger partial charge in [0.25, 0.3) is 0 Å². The number of anilines is 1. The van der Waals surface area contributed by atoms with Crippen LogP contribution in [-0.2, 0) is 12.7 Å². The Morgan fingerprint density at radius 3 is 2.48 bits per heavy atom. The predicted molar refractivity (Wildman–Crippen MR) is 77.4 cm³/mol. The van der Waals surface area contributed by atoms with E-state index in [1.807, 2.05) is 0 Å². The lowest BCUT2D eigenvalue weighted by molar-refractivity contribution is -0.137. The van der Waals surface area contributed by atoms with Crippen LogP contribution in [0.2, 0.25) is 10.0 Å². The molecule has 1 N–H and O–H groups in total. The van der Waals surface area contributed by atoms with Crippen molar-refractivity contribution in [2.24, 2.45) is 0 Å². The first-order chi connectivity index (χ1) is 10.8. The van der Waals surface area contributed by atoms with Crippen molar-refractivity contribution in [2.45, 2.75) is 12.7 Å². The summed E-state index contributed by atoms with van der Waals surface area (Å²) >= 11 is 11.5. The second-order valence-electron chi connectivity index (χ2n) is 4.46. The third-order valence-electron chi connectivity index (χ3n) is 2.88. The topological polar surface area (TPSA) is 68.0 Å². The van der Waals surface area contributed by atoms with Crippen LogP contribution >= 0.6 is 23.2 Å². The lowest BCUT2D eigenvalue weighted by Gasteiger charge is -2.09. The highest BCUT2D eigenvalue weighted by atomic mass is 35.5. The van der Waals surface area contributed by atoms with Crippen LogP contribution in [0.1, 0.15) is 11.4 Å². The van der Waals surface area contributed by atoms with E-state index >= 15 is 0 Å². The molecule has 0 aliphatic carbocycles. The molecule has 0 aliphatic rings. The van der Waals surface area contributed by atoms with Gasteiger partial charge in [-0.2, -0.15) is 13.2 Å². The number of alkyl halides is 3. The highest BCUT2D eigenvalue weighted by Gasteiger charge is 2.32. The van der Waals surface area contributed by atoms with E-state index in [-0.39, 0.29) is 29.0 Å². The summed E-state index contributed by atoms with van der Waals surface area (Å²) < 4.78 is 39.8. The summed E-state index contributed by atoms with van der Waals surface area (Å²) in [5.41, 5.74) is -0.757. The zero-order valence-corrected chi connectivity index (χ0v) is 12.7. The van der Waals surface area contributed by atoms with E-state index < -0.39 is 11.7 Å². The Bertz CT molecular complexity index is 846. The van der Waals surface area contributed by atoms with Gasteiger partial charge in [-0.05, 0) is 6.07 Å². The largest absolute Gasteiger partial charge is 0.417 e. The maximum Gasteiger partial charge on any atom is 0.417 e. The molecule has 120 valence electrons. The number of nitrogens with one attached hydrogen (secondary N) is 1. The zero-order valence-electron chi connectivity index (χ0n) is 11.1. The summed E-state index contributed by atoms with van der Waals surface area (Å²) in [5, 5.41) is 10.7. The zero-order chi connectivity index (χ0) is 16.6. The van der Waals surface area contributed by atoms with Crippen LogP contribution in [0.5, 0.6) is 0 Å². The van der Waals surface area contributed by atoms with Gasteiger partial charge < -0.3 is 5.32 Å². The van der Waals surface area contributed by atoms with Crippen LogP contribution in [0.25, 0.3) is 5.65 Å². The van der Waals surface area contributed by atoms with Crippen molar-refractivity contribution < 1.29 is 13.2 Å². The van der Waals surface area contributed by atoms with Gasteiger partial charge in [-0.25, -0.2) is 9.97 Å². The van der Waals surface area contributed by atoms with Crippen molar-refractivity contribution in [1.82, 2.24) is 24.6 Å². The second-order valence-corrected chi connectivity index (χ2v) is 5.31. The molecule has 0 spiro atoms. The van der Waals surface area contributed by atoms with E-state index in [9.17, 15) is 13.2 Å². The number of rotatable bonds is 3. The number of fused-ring (bicyclic) bond motifs is 1. The van der Waals surface area contributed by atoms with Crippen molar-refractivity contribution in [3.63, 3.8) is 0 Å². The van der Waals surface area contributed by atoms with Crippen LogP contribution in [0.3, 0.4) is 0 Å². The van der Waals surface area contributed by atoms with Gasteiger partial charge in [0.05, 0.1) is 34.5 Å². The minimum atomic E-state index is -4.52. The average molecular weight is 363 g/mol. The Morgan fingerprint density at radius 1 is 1.13 bits per heavy atom. The standard InChI is InChI=1S/C12H7Cl2F3N6/c13-7-2-18-11(19-3-7)20-4-9-21-22-10-8(14)1-6(5-23(9)10)12(15,16)17/h1-3,5H,4H2,(H,18,19,20). The molecule has 0 atom stereocenters. The molecule has 0 radical (unpaired) electrons. The fraction of sp³-hybridized carbons (Fsp3) is 0.167. The lowest BCUT2D eigenvalue weighted by atomic mass is 10.3. The minimum absolute atomic E-state index is 0.0560. The molecule has 0 unspecified atom stereocenters. The normalized spacial score (nSPS) is 11.9. The summed E-state index contributed by atoms with van der Waals surface area (Å²) in [6.07, 6.45) is -0.859. The van der Waals surface area contributed by atoms with Crippen LogP contribution in [0.15, 0.2) is 24.7 Å². The minimum Gasteiger partial charge on any atom is -0.347 e. The van der Waals surface area contributed by atoms with Gasteiger partial charge in [-0.3, -0.25) is 4.40 Å². The van der Waals surface area contributed by atoms with Gasteiger partial charge in [0.2, 0.25) is 5.95 Å². The van der Waals surface area contributed by atoms with Crippen LogP contribution in [0.4, 0.5) is 19.1 Å². The fourth-order valence-corrected chi connectivity index (χ4v) is 2.18. The van der Waals surface area contributed by atoms with Crippen LogP contribution < -0.4 is 5.32 Å². The maximum absolute atomic E-state index is 12.9. The molecule has 3 aromatic heterocycles. The van der Waals surface area contributed by atoms with Gasteiger partial charge in [0.15, 0.2) is 11.5 Å². The van der Waals surface area contributed by atoms with Crippen molar-refractivity contribution in [3.8, 4) is 0 Å². The van der Waals surface area contributed by atoms with Crippen molar-refractivity contribution in [2.75, 3.05) is 5.32 Å². The molecule has 3 rings (SSSR count). The summed E-state index contributed by atoms with van der Waals surface area (Å²) in [4.78, 5) is 7.83.